The maximum atomic E-state index is 12.3. The fourth-order valence-electron chi connectivity index (χ4n) is 3.20. The molecule has 1 aliphatic heterocycles. The number of hydrogen-bond acceptors (Lipinski definition) is 3. The number of carbonyl (C=O) groups excluding carboxylic acids is 1. The molecule has 1 unspecified atom stereocenters. The topological polar surface area (TPSA) is 61.4 Å². The molecule has 0 radical (unpaired) electrons. The van der Waals surface area contributed by atoms with Gasteiger partial charge < -0.3 is 15.7 Å². The molecule has 3 rings (SSSR count). The molecular formula is C16H23ClN2O2. The van der Waals surface area contributed by atoms with E-state index in [-0.39, 0.29) is 36.5 Å². The maximum absolute atomic E-state index is 12.3. The zero-order valence-corrected chi connectivity index (χ0v) is 12.9. The summed E-state index contributed by atoms with van der Waals surface area (Å²) in [5, 5.41) is 16.2. The van der Waals surface area contributed by atoms with Gasteiger partial charge >= 0.3 is 0 Å². The summed E-state index contributed by atoms with van der Waals surface area (Å²) < 4.78 is 0. The number of amides is 1. The van der Waals surface area contributed by atoms with Gasteiger partial charge in [0.25, 0.3) is 0 Å². The first-order chi connectivity index (χ1) is 9.74. The molecule has 0 bridgehead atoms. The molecule has 1 aromatic carbocycles. The summed E-state index contributed by atoms with van der Waals surface area (Å²) in [5.74, 6) is 0.0189. The number of fused-ring (bicyclic) bond motifs is 1. The van der Waals surface area contributed by atoms with Crippen LogP contribution >= 0.6 is 12.4 Å². The molecule has 5 heteroatoms. The number of nitrogens with one attached hydrogen (secondary N) is 2. The van der Waals surface area contributed by atoms with E-state index in [1.54, 1.807) is 0 Å². The molecule has 3 N–H and O–H groups in total. The summed E-state index contributed by atoms with van der Waals surface area (Å²) in [5.41, 5.74) is 2.52. The highest BCUT2D eigenvalue weighted by Crippen LogP contribution is 2.20. The van der Waals surface area contributed by atoms with Crippen LogP contribution in [0.2, 0.25) is 0 Å². The number of benzene rings is 1. The van der Waals surface area contributed by atoms with Crippen LogP contribution in [0.3, 0.4) is 0 Å². The molecule has 3 atom stereocenters. The summed E-state index contributed by atoms with van der Waals surface area (Å²) in [4.78, 5) is 12.3. The first-order valence-corrected chi connectivity index (χ1v) is 7.52. The molecule has 0 spiro atoms. The van der Waals surface area contributed by atoms with E-state index in [4.69, 9.17) is 0 Å². The molecule has 1 amide bonds. The zero-order valence-electron chi connectivity index (χ0n) is 12.0. The van der Waals surface area contributed by atoms with Crippen LogP contribution < -0.4 is 10.6 Å². The van der Waals surface area contributed by atoms with E-state index in [1.807, 2.05) is 12.1 Å². The third kappa shape index (κ3) is 3.76. The molecule has 1 aliphatic carbocycles. The van der Waals surface area contributed by atoms with Crippen molar-refractivity contribution in [3.8, 4) is 0 Å². The minimum absolute atomic E-state index is 0. The molecule has 2 aliphatic rings. The Morgan fingerprint density at radius 3 is 2.67 bits per heavy atom. The van der Waals surface area contributed by atoms with Gasteiger partial charge in [0.1, 0.15) is 0 Å². The highest BCUT2D eigenvalue weighted by Gasteiger charge is 2.29. The van der Waals surface area contributed by atoms with Crippen molar-refractivity contribution in [3.63, 3.8) is 0 Å². The third-order valence-electron chi connectivity index (χ3n) is 4.45. The van der Waals surface area contributed by atoms with Crippen LogP contribution in [0.25, 0.3) is 0 Å². The Balaban J connectivity index is 0.00000161. The summed E-state index contributed by atoms with van der Waals surface area (Å²) in [6.45, 7) is 0.738. The quantitative estimate of drug-likeness (QED) is 0.776. The van der Waals surface area contributed by atoms with E-state index in [0.717, 1.165) is 38.6 Å². The van der Waals surface area contributed by atoms with Crippen molar-refractivity contribution in [1.29, 1.82) is 0 Å². The Morgan fingerprint density at radius 2 is 1.90 bits per heavy atom. The predicted molar refractivity (Wildman–Crippen MR) is 84.4 cm³/mol. The maximum Gasteiger partial charge on any atom is 0.237 e. The third-order valence-corrected chi connectivity index (χ3v) is 4.45. The number of carbonyl (C=O) groups is 1. The van der Waals surface area contributed by atoms with Crippen molar-refractivity contribution < 1.29 is 9.90 Å². The summed E-state index contributed by atoms with van der Waals surface area (Å²) in [7, 11) is 0. The van der Waals surface area contributed by atoms with Gasteiger partial charge in [0.15, 0.2) is 0 Å². The van der Waals surface area contributed by atoms with Crippen LogP contribution in [0.4, 0.5) is 0 Å². The van der Waals surface area contributed by atoms with Gasteiger partial charge in [-0.15, -0.1) is 12.4 Å². The van der Waals surface area contributed by atoms with Crippen LogP contribution in [0.5, 0.6) is 0 Å². The van der Waals surface area contributed by atoms with Crippen molar-refractivity contribution in [2.75, 3.05) is 0 Å². The van der Waals surface area contributed by atoms with Gasteiger partial charge in [0.2, 0.25) is 5.91 Å². The van der Waals surface area contributed by atoms with Gasteiger partial charge in [-0.05, 0) is 30.4 Å². The van der Waals surface area contributed by atoms with Crippen molar-refractivity contribution in [1.82, 2.24) is 10.6 Å². The van der Waals surface area contributed by atoms with E-state index < -0.39 is 0 Å². The van der Waals surface area contributed by atoms with Gasteiger partial charge in [0.05, 0.1) is 18.2 Å². The van der Waals surface area contributed by atoms with Crippen molar-refractivity contribution in [2.45, 2.75) is 56.8 Å². The molecule has 21 heavy (non-hydrogen) atoms. The van der Waals surface area contributed by atoms with Gasteiger partial charge in [-0.1, -0.05) is 37.1 Å². The molecule has 4 nitrogen and oxygen atoms in total. The molecule has 116 valence electrons. The van der Waals surface area contributed by atoms with Crippen LogP contribution in [0.15, 0.2) is 24.3 Å². The Morgan fingerprint density at radius 1 is 1.19 bits per heavy atom. The average molecular weight is 311 g/mol. The summed E-state index contributed by atoms with van der Waals surface area (Å²) >= 11 is 0. The molecule has 1 aromatic rings. The van der Waals surface area contributed by atoms with Gasteiger partial charge in [-0.2, -0.15) is 0 Å². The molecule has 1 heterocycles. The SMILES string of the molecule is Cl.O=C(N[C@@H]1CCCC[C@H]1O)C1Cc2ccccc2CN1. The predicted octanol–water partition coefficient (Wildman–Crippen LogP) is 1.54. The monoisotopic (exact) mass is 310 g/mol. The van der Waals surface area contributed by atoms with E-state index in [1.165, 1.54) is 11.1 Å². The number of aliphatic hydroxyl groups excluding tert-OH is 1. The number of halogens is 1. The van der Waals surface area contributed by atoms with Crippen LogP contribution in [-0.4, -0.2) is 29.2 Å². The second kappa shape index (κ2) is 7.25. The lowest BCUT2D eigenvalue weighted by Gasteiger charge is -2.31. The van der Waals surface area contributed by atoms with E-state index >= 15 is 0 Å². The Hall–Kier alpha value is -1.10. The second-order valence-electron chi connectivity index (χ2n) is 5.87. The lowest BCUT2D eigenvalue weighted by atomic mass is 9.91. The fraction of sp³-hybridized carbons (Fsp3) is 0.562. The van der Waals surface area contributed by atoms with Gasteiger partial charge in [-0.3, -0.25) is 4.79 Å². The second-order valence-corrected chi connectivity index (χ2v) is 5.87. The largest absolute Gasteiger partial charge is 0.391 e. The first kappa shape index (κ1) is 16.3. The first-order valence-electron chi connectivity index (χ1n) is 7.52. The minimum Gasteiger partial charge on any atom is -0.391 e. The average Bonchev–Trinajstić information content (AvgIpc) is 2.49. The molecule has 1 saturated carbocycles. The normalized spacial score (nSPS) is 28.1. The summed E-state index contributed by atoms with van der Waals surface area (Å²) in [6.07, 6.45) is 4.17. The van der Waals surface area contributed by atoms with Crippen LogP contribution in [-0.2, 0) is 17.8 Å². The van der Waals surface area contributed by atoms with E-state index in [2.05, 4.69) is 22.8 Å². The number of hydrogen-bond donors (Lipinski definition) is 3. The fourth-order valence-corrected chi connectivity index (χ4v) is 3.20. The van der Waals surface area contributed by atoms with E-state index in [9.17, 15) is 9.90 Å². The number of rotatable bonds is 2. The smallest absolute Gasteiger partial charge is 0.237 e. The Kier molecular flexibility index (Phi) is 5.62. The Bertz CT molecular complexity index is 495. The molecule has 0 saturated heterocycles. The minimum atomic E-state index is -0.386. The van der Waals surface area contributed by atoms with Crippen molar-refractivity contribution in [3.05, 3.63) is 35.4 Å². The number of aliphatic hydroxyl groups is 1. The molecule has 0 aromatic heterocycles. The zero-order chi connectivity index (χ0) is 13.9. The van der Waals surface area contributed by atoms with Gasteiger partial charge in [0, 0.05) is 6.54 Å². The van der Waals surface area contributed by atoms with E-state index in [0.29, 0.717) is 0 Å². The molecule has 1 fully saturated rings. The lowest BCUT2D eigenvalue weighted by Crippen LogP contribution is -2.53. The standard InChI is InChI=1S/C16H22N2O2.ClH/c19-15-8-4-3-7-13(15)18-16(20)14-9-11-5-1-2-6-12(11)10-17-14;/h1-2,5-6,13-15,17,19H,3-4,7-10H2,(H,18,20);1H/t13-,14?,15-;/m1./s1. The summed E-state index contributed by atoms with van der Waals surface area (Å²) in [6, 6.07) is 7.98. The Labute approximate surface area is 131 Å². The highest BCUT2D eigenvalue weighted by molar-refractivity contribution is 5.85. The van der Waals surface area contributed by atoms with Gasteiger partial charge in [-0.25, -0.2) is 0 Å². The van der Waals surface area contributed by atoms with Crippen molar-refractivity contribution in [2.24, 2.45) is 0 Å². The van der Waals surface area contributed by atoms with Crippen LogP contribution in [0, 0.1) is 0 Å². The van der Waals surface area contributed by atoms with Crippen molar-refractivity contribution >= 4 is 18.3 Å². The lowest BCUT2D eigenvalue weighted by molar-refractivity contribution is -0.125. The van der Waals surface area contributed by atoms with Crippen LogP contribution in [0.1, 0.15) is 36.8 Å². The highest BCUT2D eigenvalue weighted by atomic mass is 35.5. The molecular weight excluding hydrogens is 288 g/mol.